The highest BCUT2D eigenvalue weighted by atomic mass is 32.2. The van der Waals surface area contributed by atoms with Gasteiger partial charge in [0, 0.05) is 30.7 Å². The summed E-state index contributed by atoms with van der Waals surface area (Å²) >= 11 is 1.42. The number of benzene rings is 1. The predicted octanol–water partition coefficient (Wildman–Crippen LogP) is 4.01. The van der Waals surface area contributed by atoms with Crippen molar-refractivity contribution >= 4 is 17.9 Å². The number of aliphatic hydroxyl groups is 1. The molecule has 3 aromatic heterocycles. The highest BCUT2D eigenvalue weighted by Gasteiger charge is 2.25. The first-order valence-electron chi connectivity index (χ1n) is 11.1. The van der Waals surface area contributed by atoms with Crippen LogP contribution in [-0.2, 0) is 6.42 Å². The summed E-state index contributed by atoms with van der Waals surface area (Å²) in [4.78, 5) is 8.80. The van der Waals surface area contributed by atoms with Crippen LogP contribution in [0.25, 0.3) is 17.3 Å². The maximum absolute atomic E-state index is 9.62. The summed E-state index contributed by atoms with van der Waals surface area (Å²) in [5.41, 5.74) is 1.63. The number of nitrogens with zero attached hydrogens (tertiary/aromatic N) is 5. The normalized spacial score (nSPS) is 11.9. The zero-order valence-electron chi connectivity index (χ0n) is 20.1. The fourth-order valence-corrected chi connectivity index (χ4v) is 4.40. The van der Waals surface area contributed by atoms with Gasteiger partial charge in [0.2, 0.25) is 11.8 Å². The van der Waals surface area contributed by atoms with Crippen molar-refractivity contribution in [1.29, 1.82) is 0 Å². The molecule has 0 saturated carbocycles. The van der Waals surface area contributed by atoms with Gasteiger partial charge in [-0.3, -0.25) is 9.29 Å². The molecule has 11 heteroatoms. The second kappa shape index (κ2) is 11.2. The van der Waals surface area contributed by atoms with E-state index in [0.717, 1.165) is 11.3 Å². The maximum atomic E-state index is 9.62. The Balaban J connectivity index is 1.70. The Morgan fingerprint density at radius 1 is 1.06 bits per heavy atom. The molecule has 3 heterocycles. The zero-order chi connectivity index (χ0) is 24.8. The van der Waals surface area contributed by atoms with Gasteiger partial charge in [0.15, 0.2) is 5.76 Å². The van der Waals surface area contributed by atoms with E-state index in [-0.39, 0.29) is 11.9 Å². The van der Waals surface area contributed by atoms with Gasteiger partial charge in [0.1, 0.15) is 28.8 Å². The molecule has 0 amide bonds. The van der Waals surface area contributed by atoms with E-state index >= 15 is 0 Å². The quantitative estimate of drug-likeness (QED) is 0.295. The average Bonchev–Trinajstić information content (AvgIpc) is 3.49. The third-order valence-electron chi connectivity index (χ3n) is 5.26. The number of aryl methyl sites for hydroxylation is 2. The van der Waals surface area contributed by atoms with E-state index < -0.39 is 0 Å². The van der Waals surface area contributed by atoms with Crippen molar-refractivity contribution < 1.29 is 19.0 Å². The van der Waals surface area contributed by atoms with Crippen molar-refractivity contribution in [2.24, 2.45) is 0 Å². The fraction of sp³-hybridized carbons (Fsp3) is 0.333. The molecular weight excluding hydrogens is 468 g/mol. The van der Waals surface area contributed by atoms with Gasteiger partial charge < -0.3 is 19.0 Å². The minimum atomic E-state index is -0.0123. The number of para-hydroxylation sites is 1. The van der Waals surface area contributed by atoms with Gasteiger partial charge in [-0.05, 0) is 62.0 Å². The Hall–Kier alpha value is -3.57. The number of hydrogen-bond acceptors (Lipinski definition) is 10. The maximum Gasteiger partial charge on any atom is 0.239 e. The van der Waals surface area contributed by atoms with Gasteiger partial charge in [0.25, 0.3) is 0 Å². The first-order chi connectivity index (χ1) is 17.0. The van der Waals surface area contributed by atoms with Gasteiger partial charge in [-0.1, -0.05) is 6.07 Å². The average molecular weight is 497 g/mol. The minimum absolute atomic E-state index is 0.0123. The highest BCUT2D eigenvalue weighted by molar-refractivity contribution is 8.01. The van der Waals surface area contributed by atoms with Crippen LogP contribution in [0.3, 0.4) is 0 Å². The molecule has 0 aliphatic carbocycles. The Morgan fingerprint density at radius 2 is 1.77 bits per heavy atom. The van der Waals surface area contributed by atoms with E-state index in [2.05, 4.69) is 24.9 Å². The molecule has 2 N–H and O–H groups in total. The minimum Gasteiger partial charge on any atom is -0.494 e. The van der Waals surface area contributed by atoms with Gasteiger partial charge >= 0.3 is 0 Å². The highest BCUT2D eigenvalue weighted by Crippen LogP contribution is 2.38. The van der Waals surface area contributed by atoms with Crippen LogP contribution in [0.15, 0.2) is 47.1 Å². The summed E-state index contributed by atoms with van der Waals surface area (Å²) in [6, 6.07) is 9.25. The van der Waals surface area contributed by atoms with Crippen molar-refractivity contribution in [2.45, 2.75) is 31.9 Å². The standard InChI is InChI=1S/C24H28N6O4S/c1-15-13-25-21(26-14-15)12-17(10-11-31)35-29-24-28-27-23(20-9-8-16(2)34-20)30(24)22-18(32-3)6-5-7-19(22)33-4/h5-9,13-14,17,31H,10-12H2,1-4H3,(H,28,29). The van der Waals surface area contributed by atoms with E-state index in [1.54, 1.807) is 31.2 Å². The van der Waals surface area contributed by atoms with E-state index in [1.165, 1.54) is 11.9 Å². The van der Waals surface area contributed by atoms with Gasteiger partial charge in [-0.15, -0.1) is 10.2 Å². The van der Waals surface area contributed by atoms with Crippen molar-refractivity contribution in [3.8, 4) is 28.8 Å². The topological polar surface area (TPSA) is 120 Å². The molecule has 35 heavy (non-hydrogen) atoms. The van der Waals surface area contributed by atoms with E-state index in [0.29, 0.717) is 53.4 Å². The predicted molar refractivity (Wildman–Crippen MR) is 134 cm³/mol. The Kier molecular flexibility index (Phi) is 7.88. The number of nitrogens with one attached hydrogen (secondary N) is 1. The van der Waals surface area contributed by atoms with Crippen molar-refractivity contribution in [3.63, 3.8) is 0 Å². The zero-order valence-corrected chi connectivity index (χ0v) is 20.9. The first-order valence-corrected chi connectivity index (χ1v) is 12.0. The number of furan rings is 1. The van der Waals surface area contributed by atoms with Crippen LogP contribution in [-0.4, -0.2) is 55.9 Å². The molecule has 1 aromatic carbocycles. The molecule has 1 atom stereocenters. The molecular formula is C24H28N6O4S. The van der Waals surface area contributed by atoms with Crippen molar-refractivity contribution in [2.75, 3.05) is 25.5 Å². The lowest BCUT2D eigenvalue weighted by atomic mass is 10.2. The van der Waals surface area contributed by atoms with E-state index in [4.69, 9.17) is 13.9 Å². The molecule has 1 unspecified atom stereocenters. The first kappa shape index (κ1) is 24.6. The van der Waals surface area contributed by atoms with Gasteiger partial charge in [0.05, 0.1) is 14.2 Å². The third-order valence-corrected chi connectivity index (χ3v) is 6.30. The Bertz CT molecular complexity index is 1240. The number of ether oxygens (including phenoxy) is 2. The summed E-state index contributed by atoms with van der Waals surface area (Å²) in [6.45, 7) is 3.85. The lowest BCUT2D eigenvalue weighted by Gasteiger charge is -2.19. The van der Waals surface area contributed by atoms with Crippen LogP contribution < -0.4 is 14.2 Å². The lowest BCUT2D eigenvalue weighted by molar-refractivity contribution is 0.286. The molecule has 4 rings (SSSR count). The summed E-state index contributed by atoms with van der Waals surface area (Å²) < 4.78 is 22.3. The summed E-state index contributed by atoms with van der Waals surface area (Å²) in [7, 11) is 3.19. The van der Waals surface area contributed by atoms with Crippen molar-refractivity contribution in [1.82, 2.24) is 24.7 Å². The number of anilines is 1. The molecule has 0 saturated heterocycles. The number of aromatic nitrogens is 5. The van der Waals surface area contributed by atoms with Gasteiger partial charge in [-0.2, -0.15) is 0 Å². The smallest absolute Gasteiger partial charge is 0.239 e. The van der Waals surface area contributed by atoms with Crippen LogP contribution >= 0.6 is 11.9 Å². The Labute approximate surface area is 207 Å². The third kappa shape index (κ3) is 5.57. The van der Waals surface area contributed by atoms with Crippen molar-refractivity contribution in [3.05, 3.63) is 59.9 Å². The van der Waals surface area contributed by atoms with Crippen LogP contribution in [0.2, 0.25) is 0 Å². The molecule has 0 spiro atoms. The monoisotopic (exact) mass is 496 g/mol. The van der Waals surface area contributed by atoms with Crippen LogP contribution in [0.1, 0.15) is 23.6 Å². The second-order valence-electron chi connectivity index (χ2n) is 7.84. The molecule has 0 aliphatic heterocycles. The van der Waals surface area contributed by atoms with Gasteiger partial charge in [-0.25, -0.2) is 9.97 Å². The van der Waals surface area contributed by atoms with E-state index in [9.17, 15) is 5.11 Å². The number of aliphatic hydroxyl groups excluding tert-OH is 1. The number of methoxy groups -OCH3 is 2. The SMILES string of the molecule is COc1cccc(OC)c1-n1c(NSC(CCO)Cc2ncc(C)cn2)nnc1-c1ccc(C)o1. The molecule has 4 aromatic rings. The van der Waals surface area contributed by atoms with E-state index in [1.807, 2.05) is 44.2 Å². The largest absolute Gasteiger partial charge is 0.494 e. The fourth-order valence-electron chi connectivity index (χ4n) is 3.54. The lowest BCUT2D eigenvalue weighted by Crippen LogP contribution is -2.15. The van der Waals surface area contributed by atoms with Crippen LogP contribution in [0.4, 0.5) is 5.95 Å². The molecule has 0 bridgehead atoms. The second-order valence-corrected chi connectivity index (χ2v) is 8.95. The summed E-state index contributed by atoms with van der Waals surface area (Å²) in [5.74, 6) is 4.14. The van der Waals surface area contributed by atoms with Crippen LogP contribution in [0.5, 0.6) is 11.5 Å². The summed E-state index contributed by atoms with van der Waals surface area (Å²) in [5, 5.41) is 18.4. The molecule has 184 valence electrons. The number of rotatable bonds is 11. The molecule has 10 nitrogen and oxygen atoms in total. The molecule has 0 aliphatic rings. The molecule has 0 radical (unpaired) electrons. The molecule has 0 fully saturated rings. The summed E-state index contributed by atoms with van der Waals surface area (Å²) in [6.07, 6.45) is 4.71. The Morgan fingerprint density at radius 3 is 2.37 bits per heavy atom. The number of hydrogen-bond donors (Lipinski definition) is 2. The van der Waals surface area contributed by atoms with Crippen LogP contribution in [0, 0.1) is 13.8 Å².